The van der Waals surface area contributed by atoms with Gasteiger partial charge in [-0.05, 0) is 12.5 Å². The molecule has 1 aliphatic rings. The maximum absolute atomic E-state index is 11.8. The minimum absolute atomic E-state index is 0.000558. The third-order valence-electron chi connectivity index (χ3n) is 2.73. The van der Waals surface area contributed by atoms with Crippen LogP contribution in [0.2, 0.25) is 0 Å². The maximum atomic E-state index is 11.8. The van der Waals surface area contributed by atoms with Crippen molar-refractivity contribution in [1.82, 2.24) is 9.97 Å². The largest absolute Gasteiger partial charge is 0.481 e. The van der Waals surface area contributed by atoms with E-state index in [1.165, 1.54) is 7.11 Å². The fourth-order valence-corrected chi connectivity index (χ4v) is 1.83. The number of aromatic nitrogens is 2. The standard InChI is InChI=1S/C10H15N5O2/c1-17-8-3-7(13-10(12)14-8)15-5-6(4-11)2-9(15)16/h3,6H,2,4-5,11H2,1H3,(H2,12,13,14). The minimum atomic E-state index is 0.000558. The van der Waals surface area contributed by atoms with Gasteiger partial charge in [0.15, 0.2) is 0 Å². The molecule has 0 radical (unpaired) electrons. The molecule has 7 nitrogen and oxygen atoms in total. The highest BCUT2D eigenvalue weighted by molar-refractivity contribution is 5.95. The van der Waals surface area contributed by atoms with Crippen molar-refractivity contribution in [2.75, 3.05) is 30.8 Å². The van der Waals surface area contributed by atoms with Crippen LogP contribution in [0.3, 0.4) is 0 Å². The quantitative estimate of drug-likeness (QED) is 0.725. The second kappa shape index (κ2) is 4.54. The minimum Gasteiger partial charge on any atom is -0.481 e. The van der Waals surface area contributed by atoms with Gasteiger partial charge in [0.2, 0.25) is 17.7 Å². The number of carbonyl (C=O) groups excluding carboxylic acids is 1. The van der Waals surface area contributed by atoms with Gasteiger partial charge in [0.25, 0.3) is 0 Å². The average Bonchev–Trinajstić information content (AvgIpc) is 2.69. The van der Waals surface area contributed by atoms with Crippen molar-refractivity contribution in [3.05, 3.63) is 6.07 Å². The van der Waals surface area contributed by atoms with Crippen LogP contribution in [0.25, 0.3) is 0 Å². The number of ether oxygens (including phenoxy) is 1. The van der Waals surface area contributed by atoms with Gasteiger partial charge in [-0.1, -0.05) is 0 Å². The molecule has 2 rings (SSSR count). The molecule has 7 heteroatoms. The molecule has 1 unspecified atom stereocenters. The molecule has 0 aliphatic carbocycles. The predicted octanol–water partition coefficient (Wildman–Crippen LogP) is -0.621. The Balaban J connectivity index is 2.28. The summed E-state index contributed by atoms with van der Waals surface area (Å²) in [5.74, 6) is 1.07. The summed E-state index contributed by atoms with van der Waals surface area (Å²) in [6, 6.07) is 1.59. The lowest BCUT2D eigenvalue weighted by Crippen LogP contribution is -2.27. The van der Waals surface area contributed by atoms with Gasteiger partial charge in [0.05, 0.1) is 7.11 Å². The van der Waals surface area contributed by atoms with Crippen LogP contribution in [0.5, 0.6) is 5.88 Å². The van der Waals surface area contributed by atoms with Crippen molar-refractivity contribution in [2.24, 2.45) is 11.7 Å². The Morgan fingerprint density at radius 3 is 2.94 bits per heavy atom. The van der Waals surface area contributed by atoms with E-state index in [4.69, 9.17) is 16.2 Å². The zero-order valence-corrected chi connectivity index (χ0v) is 9.59. The first-order valence-corrected chi connectivity index (χ1v) is 5.33. The van der Waals surface area contributed by atoms with E-state index in [1.54, 1.807) is 11.0 Å². The third kappa shape index (κ3) is 2.28. The third-order valence-corrected chi connectivity index (χ3v) is 2.73. The highest BCUT2D eigenvalue weighted by atomic mass is 16.5. The normalized spacial score (nSPS) is 19.8. The van der Waals surface area contributed by atoms with Crippen LogP contribution < -0.4 is 21.1 Å². The lowest BCUT2D eigenvalue weighted by molar-refractivity contribution is -0.117. The summed E-state index contributed by atoms with van der Waals surface area (Å²) < 4.78 is 4.99. The Labute approximate surface area is 98.8 Å². The Morgan fingerprint density at radius 1 is 1.59 bits per heavy atom. The molecule has 1 fully saturated rings. The highest BCUT2D eigenvalue weighted by Crippen LogP contribution is 2.25. The monoisotopic (exact) mass is 237 g/mol. The molecule has 0 bridgehead atoms. The lowest BCUT2D eigenvalue weighted by atomic mass is 10.1. The SMILES string of the molecule is COc1cc(N2CC(CN)CC2=O)nc(N)n1. The number of nitrogens with zero attached hydrogens (tertiary/aromatic N) is 3. The number of hydrogen-bond donors (Lipinski definition) is 2. The zero-order valence-electron chi connectivity index (χ0n) is 9.59. The molecule has 0 saturated carbocycles. The second-order valence-corrected chi connectivity index (χ2v) is 3.94. The maximum Gasteiger partial charge on any atom is 0.228 e. The van der Waals surface area contributed by atoms with Gasteiger partial charge >= 0.3 is 0 Å². The van der Waals surface area contributed by atoms with Crippen molar-refractivity contribution < 1.29 is 9.53 Å². The van der Waals surface area contributed by atoms with Crippen molar-refractivity contribution in [2.45, 2.75) is 6.42 Å². The summed E-state index contributed by atoms with van der Waals surface area (Å²) in [6.07, 6.45) is 0.447. The molecule has 92 valence electrons. The van der Waals surface area contributed by atoms with E-state index in [1.807, 2.05) is 0 Å². The van der Waals surface area contributed by atoms with Crippen molar-refractivity contribution >= 4 is 17.7 Å². The number of anilines is 2. The van der Waals surface area contributed by atoms with Crippen molar-refractivity contribution in [3.8, 4) is 5.88 Å². The first-order chi connectivity index (χ1) is 8.13. The summed E-state index contributed by atoms with van der Waals surface area (Å²) in [7, 11) is 1.49. The number of carbonyl (C=O) groups is 1. The Kier molecular flexibility index (Phi) is 3.10. The van der Waals surface area contributed by atoms with Gasteiger partial charge in [0.1, 0.15) is 5.82 Å². The highest BCUT2D eigenvalue weighted by Gasteiger charge is 2.30. The van der Waals surface area contributed by atoms with Gasteiger partial charge in [-0.2, -0.15) is 9.97 Å². The lowest BCUT2D eigenvalue weighted by Gasteiger charge is -2.16. The topological polar surface area (TPSA) is 107 Å². The molecule has 1 amide bonds. The first kappa shape index (κ1) is 11.6. The number of nitrogens with two attached hydrogens (primary N) is 2. The van der Waals surface area contributed by atoms with Gasteiger partial charge in [0, 0.05) is 19.0 Å². The molecule has 1 aromatic heterocycles. The molecule has 1 saturated heterocycles. The first-order valence-electron chi connectivity index (χ1n) is 5.33. The van der Waals surface area contributed by atoms with Crippen molar-refractivity contribution in [3.63, 3.8) is 0 Å². The predicted molar refractivity (Wildman–Crippen MR) is 62.5 cm³/mol. The molecular formula is C10H15N5O2. The van der Waals surface area contributed by atoms with E-state index in [0.29, 0.717) is 31.2 Å². The second-order valence-electron chi connectivity index (χ2n) is 3.94. The number of methoxy groups -OCH3 is 1. The van der Waals surface area contributed by atoms with E-state index in [9.17, 15) is 4.79 Å². The summed E-state index contributed by atoms with van der Waals surface area (Å²) in [5.41, 5.74) is 11.1. The van der Waals surface area contributed by atoms with Gasteiger partial charge in [-0.3, -0.25) is 9.69 Å². The van der Waals surface area contributed by atoms with Gasteiger partial charge in [-0.15, -0.1) is 0 Å². The molecule has 0 aromatic carbocycles. The van der Waals surface area contributed by atoms with E-state index in [-0.39, 0.29) is 17.8 Å². The Morgan fingerprint density at radius 2 is 2.35 bits per heavy atom. The van der Waals surface area contributed by atoms with Gasteiger partial charge in [-0.25, -0.2) is 0 Å². The fourth-order valence-electron chi connectivity index (χ4n) is 1.83. The molecule has 1 aromatic rings. The van der Waals surface area contributed by atoms with E-state index < -0.39 is 0 Å². The van der Waals surface area contributed by atoms with Crippen LogP contribution >= 0.6 is 0 Å². The van der Waals surface area contributed by atoms with Crippen LogP contribution in [0.4, 0.5) is 11.8 Å². The number of nitrogen functional groups attached to an aromatic ring is 1. The molecule has 17 heavy (non-hydrogen) atoms. The summed E-state index contributed by atoms with van der Waals surface area (Å²) in [5, 5.41) is 0. The Bertz CT molecular complexity index is 437. The molecule has 1 atom stereocenters. The summed E-state index contributed by atoms with van der Waals surface area (Å²) >= 11 is 0. The van der Waals surface area contributed by atoms with Gasteiger partial charge < -0.3 is 16.2 Å². The van der Waals surface area contributed by atoms with Crippen molar-refractivity contribution in [1.29, 1.82) is 0 Å². The number of hydrogen-bond acceptors (Lipinski definition) is 6. The molecular weight excluding hydrogens is 222 g/mol. The average molecular weight is 237 g/mol. The van der Waals surface area contributed by atoms with Crippen LogP contribution in [0, 0.1) is 5.92 Å². The summed E-state index contributed by atoms with van der Waals surface area (Å²) in [6.45, 7) is 1.05. The fraction of sp³-hybridized carbons (Fsp3) is 0.500. The van der Waals surface area contributed by atoms with Crippen LogP contribution in [-0.4, -0.2) is 36.1 Å². The molecule has 4 N–H and O–H groups in total. The van der Waals surface area contributed by atoms with E-state index in [2.05, 4.69) is 9.97 Å². The van der Waals surface area contributed by atoms with E-state index in [0.717, 1.165) is 0 Å². The molecule has 0 spiro atoms. The number of amides is 1. The van der Waals surface area contributed by atoms with Crippen LogP contribution in [0.1, 0.15) is 6.42 Å². The van der Waals surface area contributed by atoms with E-state index >= 15 is 0 Å². The Hall–Kier alpha value is -1.89. The molecule has 2 heterocycles. The smallest absolute Gasteiger partial charge is 0.228 e. The summed E-state index contributed by atoms with van der Waals surface area (Å²) in [4.78, 5) is 21.3. The number of rotatable bonds is 3. The molecule has 1 aliphatic heterocycles. The van der Waals surface area contributed by atoms with Crippen LogP contribution in [0.15, 0.2) is 6.07 Å². The van der Waals surface area contributed by atoms with Crippen LogP contribution in [-0.2, 0) is 4.79 Å². The zero-order chi connectivity index (χ0) is 12.4.